The molecule has 0 spiro atoms. The van der Waals surface area contributed by atoms with Gasteiger partial charge in [-0.25, -0.2) is 0 Å². The van der Waals surface area contributed by atoms with E-state index in [-0.39, 0.29) is 0 Å². The summed E-state index contributed by atoms with van der Waals surface area (Å²) in [5.41, 5.74) is 6.85. The fourth-order valence-electron chi connectivity index (χ4n) is 2.76. The lowest BCUT2D eigenvalue weighted by molar-refractivity contribution is 0.263. The van der Waals surface area contributed by atoms with E-state index in [1.165, 1.54) is 27.8 Å². The first-order valence-electron chi connectivity index (χ1n) is 6.77. The highest BCUT2D eigenvalue weighted by Gasteiger charge is 2.24. The summed E-state index contributed by atoms with van der Waals surface area (Å²) in [5, 5.41) is 0. The Balaban J connectivity index is 1.63. The average molecular weight is 252 g/mol. The molecule has 2 nitrogen and oxygen atoms in total. The molecule has 2 heteroatoms. The summed E-state index contributed by atoms with van der Waals surface area (Å²) >= 11 is 0. The number of hydrogen-bond donors (Lipinski definition) is 0. The molecule has 1 unspecified atom stereocenters. The molecular weight excluding hydrogens is 236 g/mol. The topological polar surface area (TPSA) is 21.8 Å². The van der Waals surface area contributed by atoms with Crippen LogP contribution in [0.25, 0.3) is 11.1 Å². The lowest BCUT2D eigenvalue weighted by Crippen LogP contribution is -2.04. The summed E-state index contributed by atoms with van der Waals surface area (Å²) in [6.07, 6.45) is 1.33. The van der Waals surface area contributed by atoms with Gasteiger partial charge in [0.2, 0.25) is 0 Å². The Morgan fingerprint density at radius 1 is 1.11 bits per heavy atom. The first-order chi connectivity index (χ1) is 9.29. The molecule has 96 valence electrons. The van der Waals surface area contributed by atoms with E-state index in [2.05, 4.69) is 43.3 Å². The van der Waals surface area contributed by atoms with Gasteiger partial charge in [0.05, 0.1) is 6.61 Å². The Labute approximate surface area is 113 Å². The molecule has 0 aromatic heterocycles. The van der Waals surface area contributed by atoms with Gasteiger partial charge < -0.3 is 9.47 Å². The summed E-state index contributed by atoms with van der Waals surface area (Å²) in [6, 6.07) is 13.1. The van der Waals surface area contributed by atoms with Crippen molar-refractivity contribution in [2.75, 3.05) is 13.2 Å². The summed E-state index contributed by atoms with van der Waals surface area (Å²) in [4.78, 5) is 0. The van der Waals surface area contributed by atoms with Crippen LogP contribution >= 0.6 is 0 Å². The smallest absolute Gasteiger partial charge is 0.119 e. The lowest BCUT2D eigenvalue weighted by atomic mass is 10.0. The highest BCUT2D eigenvalue weighted by Crippen LogP contribution is 2.38. The maximum absolute atomic E-state index is 5.75. The van der Waals surface area contributed by atoms with Crippen LogP contribution in [0.5, 0.6) is 5.75 Å². The van der Waals surface area contributed by atoms with Crippen LogP contribution in [0.2, 0.25) is 0 Å². The average Bonchev–Trinajstić information content (AvgIpc) is 3.16. The van der Waals surface area contributed by atoms with Crippen molar-refractivity contribution in [3.63, 3.8) is 0 Å². The van der Waals surface area contributed by atoms with Gasteiger partial charge in [-0.1, -0.05) is 29.8 Å². The van der Waals surface area contributed by atoms with Crippen molar-refractivity contribution >= 4 is 0 Å². The van der Waals surface area contributed by atoms with Crippen molar-refractivity contribution in [2.24, 2.45) is 0 Å². The first kappa shape index (κ1) is 11.1. The van der Waals surface area contributed by atoms with Crippen molar-refractivity contribution in [3.05, 3.63) is 53.1 Å². The van der Waals surface area contributed by atoms with Crippen molar-refractivity contribution in [2.45, 2.75) is 19.4 Å². The second-order valence-corrected chi connectivity index (χ2v) is 5.42. The Kier molecular flexibility index (Phi) is 2.39. The summed E-state index contributed by atoms with van der Waals surface area (Å²) in [7, 11) is 0. The Bertz CT molecular complexity index is 642. The number of ether oxygens (including phenoxy) is 2. The molecule has 0 amide bonds. The van der Waals surface area contributed by atoms with Crippen LogP contribution in [0.1, 0.15) is 16.7 Å². The third kappa shape index (κ3) is 2.02. The van der Waals surface area contributed by atoms with E-state index < -0.39 is 0 Å². The number of aryl methyl sites for hydroxylation is 1. The Morgan fingerprint density at radius 3 is 2.63 bits per heavy atom. The van der Waals surface area contributed by atoms with E-state index in [0.717, 1.165) is 18.8 Å². The van der Waals surface area contributed by atoms with Crippen LogP contribution < -0.4 is 4.74 Å². The number of rotatable bonds is 3. The summed E-state index contributed by atoms with van der Waals surface area (Å²) in [6.45, 7) is 3.66. The number of fused-ring (bicyclic) bond motifs is 3. The molecule has 1 heterocycles. The molecule has 2 aromatic carbocycles. The SMILES string of the molecule is Cc1ccc2c(c1)Cc1cc(OCC3CO3)ccc1-2. The fourth-order valence-corrected chi connectivity index (χ4v) is 2.76. The molecular formula is C17H16O2. The van der Waals surface area contributed by atoms with Crippen LogP contribution in [0, 0.1) is 6.92 Å². The molecule has 4 rings (SSSR count). The minimum absolute atomic E-state index is 0.313. The molecule has 0 saturated carbocycles. The zero-order chi connectivity index (χ0) is 12.8. The zero-order valence-corrected chi connectivity index (χ0v) is 11.0. The van der Waals surface area contributed by atoms with Crippen LogP contribution in [0.4, 0.5) is 0 Å². The van der Waals surface area contributed by atoms with E-state index in [1.807, 2.05) is 0 Å². The van der Waals surface area contributed by atoms with Gasteiger partial charge in [0.15, 0.2) is 0 Å². The van der Waals surface area contributed by atoms with Crippen LogP contribution in [-0.4, -0.2) is 19.3 Å². The molecule has 1 saturated heterocycles. The highest BCUT2D eigenvalue weighted by molar-refractivity contribution is 5.77. The van der Waals surface area contributed by atoms with Crippen LogP contribution in [-0.2, 0) is 11.2 Å². The van der Waals surface area contributed by atoms with Crippen molar-refractivity contribution in [3.8, 4) is 16.9 Å². The molecule has 2 aliphatic rings. The van der Waals surface area contributed by atoms with E-state index in [0.29, 0.717) is 12.7 Å². The zero-order valence-electron chi connectivity index (χ0n) is 11.0. The molecule has 1 aliphatic heterocycles. The summed E-state index contributed by atoms with van der Waals surface area (Å²) < 4.78 is 10.9. The predicted octanol–water partition coefficient (Wildman–Crippen LogP) is 3.34. The van der Waals surface area contributed by atoms with E-state index in [9.17, 15) is 0 Å². The van der Waals surface area contributed by atoms with Gasteiger partial charge in [0.25, 0.3) is 0 Å². The molecule has 1 fully saturated rings. The minimum atomic E-state index is 0.313. The number of benzene rings is 2. The van der Waals surface area contributed by atoms with Gasteiger partial charge in [-0.3, -0.25) is 0 Å². The first-order valence-corrected chi connectivity index (χ1v) is 6.77. The normalized spacial score (nSPS) is 18.9. The monoisotopic (exact) mass is 252 g/mol. The predicted molar refractivity (Wildman–Crippen MR) is 74.7 cm³/mol. The van der Waals surface area contributed by atoms with Crippen LogP contribution in [0.3, 0.4) is 0 Å². The molecule has 0 N–H and O–H groups in total. The van der Waals surface area contributed by atoms with E-state index in [4.69, 9.17) is 9.47 Å². The molecule has 0 radical (unpaired) electrons. The third-order valence-corrected chi connectivity index (χ3v) is 3.85. The molecule has 1 atom stereocenters. The van der Waals surface area contributed by atoms with E-state index >= 15 is 0 Å². The standard InChI is InChI=1S/C17H16O2/c1-11-2-4-16-12(6-11)7-13-8-14(3-5-17(13)16)18-9-15-10-19-15/h2-6,8,15H,7,9-10H2,1H3. The maximum Gasteiger partial charge on any atom is 0.119 e. The fraction of sp³-hybridized carbons (Fsp3) is 0.294. The van der Waals surface area contributed by atoms with E-state index in [1.54, 1.807) is 0 Å². The van der Waals surface area contributed by atoms with Gasteiger partial charge >= 0.3 is 0 Å². The molecule has 1 aliphatic carbocycles. The van der Waals surface area contributed by atoms with Crippen molar-refractivity contribution in [1.29, 1.82) is 0 Å². The second kappa shape index (κ2) is 4.10. The van der Waals surface area contributed by atoms with Gasteiger partial charge in [-0.2, -0.15) is 0 Å². The summed E-state index contributed by atoms with van der Waals surface area (Å²) in [5.74, 6) is 0.957. The Morgan fingerprint density at radius 2 is 1.84 bits per heavy atom. The van der Waals surface area contributed by atoms with Crippen molar-refractivity contribution in [1.82, 2.24) is 0 Å². The van der Waals surface area contributed by atoms with Crippen molar-refractivity contribution < 1.29 is 9.47 Å². The largest absolute Gasteiger partial charge is 0.491 e. The maximum atomic E-state index is 5.75. The minimum Gasteiger partial charge on any atom is -0.491 e. The number of epoxide rings is 1. The number of hydrogen-bond acceptors (Lipinski definition) is 2. The van der Waals surface area contributed by atoms with Gasteiger partial charge in [-0.15, -0.1) is 0 Å². The quantitative estimate of drug-likeness (QED) is 0.667. The Hall–Kier alpha value is -1.80. The molecule has 2 aromatic rings. The molecule has 0 bridgehead atoms. The third-order valence-electron chi connectivity index (χ3n) is 3.85. The molecule has 19 heavy (non-hydrogen) atoms. The van der Waals surface area contributed by atoms with Gasteiger partial charge in [-0.05, 0) is 47.7 Å². The lowest BCUT2D eigenvalue weighted by Gasteiger charge is -2.06. The highest BCUT2D eigenvalue weighted by atomic mass is 16.6. The van der Waals surface area contributed by atoms with Gasteiger partial charge in [0.1, 0.15) is 18.5 Å². The second-order valence-electron chi connectivity index (χ2n) is 5.42. The van der Waals surface area contributed by atoms with Crippen LogP contribution in [0.15, 0.2) is 36.4 Å². The van der Waals surface area contributed by atoms with Gasteiger partial charge in [0, 0.05) is 0 Å².